The number of carbonyl (C=O) groups is 2. The van der Waals surface area contributed by atoms with E-state index in [1.807, 2.05) is 30.3 Å². The molecule has 1 heterocycles. The van der Waals surface area contributed by atoms with Crippen LogP contribution in [0.3, 0.4) is 0 Å². The quantitative estimate of drug-likeness (QED) is 0.662. The molecule has 2 amide bonds. The Bertz CT molecular complexity index is 802. The van der Waals surface area contributed by atoms with Crippen LogP contribution in [0.15, 0.2) is 48.5 Å². The number of hydroxylamine groups is 1. The number of anilines is 1. The minimum atomic E-state index is -0.982. The van der Waals surface area contributed by atoms with Crippen LogP contribution in [0.25, 0.3) is 0 Å². The van der Waals surface area contributed by atoms with Gasteiger partial charge >= 0.3 is 0 Å². The molecule has 6 heteroatoms. The van der Waals surface area contributed by atoms with E-state index in [0.29, 0.717) is 24.4 Å². The molecule has 0 radical (unpaired) electrons. The predicted molar refractivity (Wildman–Crippen MR) is 92.9 cm³/mol. The second-order valence-electron chi connectivity index (χ2n) is 6.43. The lowest BCUT2D eigenvalue weighted by atomic mass is 10.0. The first-order valence-electron chi connectivity index (χ1n) is 8.06. The van der Waals surface area contributed by atoms with Crippen LogP contribution in [0.1, 0.15) is 29.8 Å². The summed E-state index contributed by atoms with van der Waals surface area (Å²) in [6.45, 7) is 3.91. The number of hydrogen-bond acceptors (Lipinski definition) is 4. The number of nitrogens with zero attached hydrogens (tertiary/aromatic N) is 1. The van der Waals surface area contributed by atoms with Gasteiger partial charge in [-0.05, 0) is 44.0 Å². The first-order valence-corrected chi connectivity index (χ1v) is 8.06. The van der Waals surface area contributed by atoms with E-state index < -0.39 is 11.5 Å². The first kappa shape index (κ1) is 17.0. The topological polar surface area (TPSA) is 78.9 Å². The zero-order valence-electron chi connectivity index (χ0n) is 14.2. The van der Waals surface area contributed by atoms with Crippen molar-refractivity contribution in [3.63, 3.8) is 0 Å². The van der Waals surface area contributed by atoms with E-state index in [1.54, 1.807) is 42.4 Å². The molecule has 0 atom stereocenters. The Morgan fingerprint density at radius 1 is 1.20 bits per heavy atom. The van der Waals surface area contributed by atoms with Gasteiger partial charge in [0.1, 0.15) is 5.75 Å². The molecule has 0 saturated heterocycles. The number of hydrogen-bond donors (Lipinski definition) is 2. The van der Waals surface area contributed by atoms with Crippen molar-refractivity contribution in [2.45, 2.75) is 25.9 Å². The van der Waals surface area contributed by atoms with E-state index in [1.165, 1.54) is 0 Å². The second kappa shape index (κ2) is 6.57. The summed E-state index contributed by atoms with van der Waals surface area (Å²) in [5.41, 5.74) is 2.52. The van der Waals surface area contributed by atoms with Crippen LogP contribution in [0, 0.1) is 0 Å². The molecular formula is C19H20N2O4. The monoisotopic (exact) mass is 340 g/mol. The molecule has 25 heavy (non-hydrogen) atoms. The third-order valence-corrected chi connectivity index (χ3v) is 4.21. The smallest absolute Gasteiger partial charge is 0.274 e. The Morgan fingerprint density at radius 3 is 2.60 bits per heavy atom. The van der Waals surface area contributed by atoms with Gasteiger partial charge in [0.25, 0.3) is 11.8 Å². The average molecular weight is 340 g/mol. The summed E-state index contributed by atoms with van der Waals surface area (Å²) in [5, 5.41) is 8.83. The summed E-state index contributed by atoms with van der Waals surface area (Å²) < 4.78 is 5.80. The lowest BCUT2D eigenvalue weighted by Crippen LogP contribution is -2.53. The number of rotatable bonds is 4. The summed E-state index contributed by atoms with van der Waals surface area (Å²) in [5.74, 6) is -0.271. The molecule has 6 nitrogen and oxygen atoms in total. The van der Waals surface area contributed by atoms with E-state index in [2.05, 4.69) is 0 Å². The highest BCUT2D eigenvalue weighted by atomic mass is 16.5. The zero-order chi connectivity index (χ0) is 18.0. The standard InChI is InChI=1S/C19H20N2O4/c1-19(2)18(23)21(11-10-13-6-4-3-5-7-13)15-12-14(17(22)20-24)8-9-16(15)25-19/h3-9,12,24H,10-11H2,1-2H3,(H,20,22). The molecule has 0 aromatic heterocycles. The minimum absolute atomic E-state index is 0.169. The Labute approximate surface area is 146 Å². The van der Waals surface area contributed by atoms with Crippen molar-refractivity contribution in [3.05, 3.63) is 59.7 Å². The van der Waals surface area contributed by atoms with Crippen molar-refractivity contribution in [1.82, 2.24) is 5.48 Å². The fourth-order valence-corrected chi connectivity index (χ4v) is 2.88. The van der Waals surface area contributed by atoms with Gasteiger partial charge in [-0.2, -0.15) is 0 Å². The summed E-state index contributed by atoms with van der Waals surface area (Å²) in [7, 11) is 0. The zero-order valence-corrected chi connectivity index (χ0v) is 14.2. The molecule has 2 aromatic rings. The summed E-state index contributed by atoms with van der Waals surface area (Å²) in [4.78, 5) is 26.2. The van der Waals surface area contributed by atoms with Crippen LogP contribution in [0.5, 0.6) is 5.75 Å². The Morgan fingerprint density at radius 2 is 1.92 bits per heavy atom. The van der Waals surface area contributed by atoms with E-state index in [0.717, 1.165) is 5.56 Å². The van der Waals surface area contributed by atoms with Gasteiger partial charge in [0, 0.05) is 12.1 Å². The van der Waals surface area contributed by atoms with Crippen molar-refractivity contribution < 1.29 is 19.5 Å². The molecule has 3 rings (SSSR count). The summed E-state index contributed by atoms with van der Waals surface area (Å²) in [6.07, 6.45) is 0.679. The van der Waals surface area contributed by atoms with Gasteiger partial charge < -0.3 is 9.64 Å². The number of fused-ring (bicyclic) bond motifs is 1. The van der Waals surface area contributed by atoms with Gasteiger partial charge in [-0.3, -0.25) is 14.8 Å². The molecule has 0 unspecified atom stereocenters. The van der Waals surface area contributed by atoms with Crippen molar-refractivity contribution >= 4 is 17.5 Å². The highest BCUT2D eigenvalue weighted by Crippen LogP contribution is 2.38. The number of carbonyl (C=O) groups excluding carboxylic acids is 2. The van der Waals surface area contributed by atoms with Crippen molar-refractivity contribution in [2.24, 2.45) is 0 Å². The maximum atomic E-state index is 12.8. The van der Waals surface area contributed by atoms with Gasteiger partial charge in [-0.1, -0.05) is 30.3 Å². The van der Waals surface area contributed by atoms with Crippen molar-refractivity contribution in [3.8, 4) is 5.75 Å². The maximum Gasteiger partial charge on any atom is 0.274 e. The molecule has 0 aliphatic carbocycles. The van der Waals surface area contributed by atoms with Crippen molar-refractivity contribution in [2.75, 3.05) is 11.4 Å². The third-order valence-electron chi connectivity index (χ3n) is 4.21. The Kier molecular flexibility index (Phi) is 4.46. The fourth-order valence-electron chi connectivity index (χ4n) is 2.88. The summed E-state index contributed by atoms with van der Waals surface area (Å²) in [6, 6.07) is 14.6. The Hall–Kier alpha value is -2.86. The largest absolute Gasteiger partial charge is 0.476 e. The van der Waals surface area contributed by atoms with Crippen LogP contribution >= 0.6 is 0 Å². The van der Waals surface area contributed by atoms with Gasteiger partial charge in [0.05, 0.1) is 5.69 Å². The van der Waals surface area contributed by atoms with E-state index in [-0.39, 0.29) is 11.5 Å². The molecule has 0 fully saturated rings. The lowest BCUT2D eigenvalue weighted by molar-refractivity contribution is -0.132. The number of amides is 2. The van der Waals surface area contributed by atoms with Crippen LogP contribution in [0.4, 0.5) is 5.69 Å². The SMILES string of the molecule is CC1(C)Oc2ccc(C(=O)NO)cc2N(CCc2ccccc2)C1=O. The molecule has 2 aromatic carbocycles. The van der Waals surface area contributed by atoms with Gasteiger partial charge in [-0.25, -0.2) is 5.48 Å². The van der Waals surface area contributed by atoms with Crippen LogP contribution in [-0.4, -0.2) is 29.2 Å². The normalized spacial score (nSPS) is 15.3. The summed E-state index contributed by atoms with van der Waals surface area (Å²) >= 11 is 0. The number of ether oxygens (including phenoxy) is 1. The molecule has 1 aliphatic rings. The van der Waals surface area contributed by atoms with Crippen LogP contribution < -0.4 is 15.1 Å². The van der Waals surface area contributed by atoms with E-state index in [9.17, 15) is 9.59 Å². The minimum Gasteiger partial charge on any atom is -0.476 e. The maximum absolute atomic E-state index is 12.8. The molecule has 1 aliphatic heterocycles. The molecule has 0 spiro atoms. The predicted octanol–water partition coefficient (Wildman–Crippen LogP) is 2.55. The highest BCUT2D eigenvalue weighted by molar-refractivity contribution is 6.04. The van der Waals surface area contributed by atoms with Gasteiger partial charge in [0.15, 0.2) is 5.60 Å². The Balaban J connectivity index is 1.95. The first-order chi connectivity index (χ1) is 11.9. The molecule has 2 N–H and O–H groups in total. The molecular weight excluding hydrogens is 320 g/mol. The lowest BCUT2D eigenvalue weighted by Gasteiger charge is -2.39. The highest BCUT2D eigenvalue weighted by Gasteiger charge is 2.40. The average Bonchev–Trinajstić information content (AvgIpc) is 2.62. The van der Waals surface area contributed by atoms with E-state index in [4.69, 9.17) is 9.94 Å². The van der Waals surface area contributed by atoms with Crippen LogP contribution in [-0.2, 0) is 11.2 Å². The van der Waals surface area contributed by atoms with Crippen molar-refractivity contribution in [1.29, 1.82) is 0 Å². The van der Waals surface area contributed by atoms with Gasteiger partial charge in [-0.15, -0.1) is 0 Å². The molecule has 0 saturated carbocycles. The number of benzene rings is 2. The molecule has 0 bridgehead atoms. The fraction of sp³-hybridized carbons (Fsp3) is 0.263. The number of nitrogens with one attached hydrogen (secondary N) is 1. The van der Waals surface area contributed by atoms with Crippen LogP contribution in [0.2, 0.25) is 0 Å². The van der Waals surface area contributed by atoms with Gasteiger partial charge in [0.2, 0.25) is 0 Å². The van der Waals surface area contributed by atoms with E-state index >= 15 is 0 Å². The molecule has 130 valence electrons. The third kappa shape index (κ3) is 3.34. The second-order valence-corrected chi connectivity index (χ2v) is 6.43.